The summed E-state index contributed by atoms with van der Waals surface area (Å²) in [6.45, 7) is 10.5. The number of rotatable bonds is 2. The summed E-state index contributed by atoms with van der Waals surface area (Å²) < 4.78 is 1.83. The smallest absolute Gasteiger partial charge is 0.223 e. The first-order chi connectivity index (χ1) is 9.62. The molecule has 2 heterocycles. The Kier molecular flexibility index (Phi) is 4.15. The largest absolute Gasteiger partial charge is 0.332 e. The van der Waals surface area contributed by atoms with Gasteiger partial charge < -0.3 is 10.6 Å². The Labute approximate surface area is 127 Å². The number of hydrogen-bond donors (Lipinski definition) is 1. The van der Waals surface area contributed by atoms with Crippen LogP contribution in [0.15, 0.2) is 6.20 Å². The van der Waals surface area contributed by atoms with Crippen molar-refractivity contribution in [1.29, 1.82) is 0 Å². The van der Waals surface area contributed by atoms with E-state index in [1.165, 1.54) is 0 Å². The van der Waals surface area contributed by atoms with Crippen LogP contribution in [0.2, 0.25) is 0 Å². The Morgan fingerprint density at radius 3 is 2.52 bits per heavy atom. The number of aromatic nitrogens is 2. The molecule has 0 spiro atoms. The molecule has 1 saturated heterocycles. The minimum atomic E-state index is -0.0748. The van der Waals surface area contributed by atoms with Crippen LogP contribution in [0, 0.1) is 0 Å². The number of nitrogens with zero attached hydrogens (tertiary/aromatic N) is 3. The molecule has 1 aliphatic heterocycles. The first kappa shape index (κ1) is 16.0. The summed E-state index contributed by atoms with van der Waals surface area (Å²) in [5.41, 5.74) is 8.45. The molecule has 1 aromatic rings. The Hall–Kier alpha value is -1.36. The van der Waals surface area contributed by atoms with Gasteiger partial charge in [-0.2, -0.15) is 5.10 Å². The fraction of sp³-hybridized carbons (Fsp3) is 0.750. The van der Waals surface area contributed by atoms with E-state index in [1.807, 2.05) is 22.8 Å². The Morgan fingerprint density at radius 1 is 1.38 bits per heavy atom. The molecule has 1 fully saturated rings. The summed E-state index contributed by atoms with van der Waals surface area (Å²) in [6.07, 6.45) is 3.31. The number of carbonyl (C=O) groups excluding carboxylic acids is 1. The third-order valence-electron chi connectivity index (χ3n) is 4.13. The average molecular weight is 292 g/mol. The molecule has 0 bridgehead atoms. The lowest BCUT2D eigenvalue weighted by Crippen LogP contribution is -2.51. The van der Waals surface area contributed by atoms with E-state index in [0.717, 1.165) is 17.7 Å². The normalized spacial score (nSPS) is 24.0. The second-order valence-corrected chi connectivity index (χ2v) is 7.40. The number of aryl methyl sites for hydroxylation is 1. The topological polar surface area (TPSA) is 64.2 Å². The molecule has 1 amide bonds. The van der Waals surface area contributed by atoms with Crippen molar-refractivity contribution in [3.63, 3.8) is 0 Å². The summed E-state index contributed by atoms with van der Waals surface area (Å²) in [6, 6.07) is 0.0337. The van der Waals surface area contributed by atoms with Crippen LogP contribution in [0.1, 0.15) is 64.8 Å². The number of nitrogens with two attached hydrogens (primary N) is 1. The van der Waals surface area contributed by atoms with Gasteiger partial charge in [0.25, 0.3) is 0 Å². The zero-order valence-corrected chi connectivity index (χ0v) is 14.1. The Balaban J connectivity index is 2.54. The molecule has 0 radical (unpaired) electrons. The van der Waals surface area contributed by atoms with Gasteiger partial charge in [-0.25, -0.2) is 0 Å². The second-order valence-electron chi connectivity index (χ2n) is 7.40. The molecule has 21 heavy (non-hydrogen) atoms. The van der Waals surface area contributed by atoms with Crippen LogP contribution >= 0.6 is 0 Å². The predicted molar refractivity (Wildman–Crippen MR) is 83.8 cm³/mol. The zero-order chi connectivity index (χ0) is 15.9. The first-order valence-corrected chi connectivity index (χ1v) is 7.73. The van der Waals surface area contributed by atoms with Crippen molar-refractivity contribution >= 4 is 5.91 Å². The average Bonchev–Trinajstić information content (AvgIpc) is 2.73. The Bertz CT molecular complexity index is 527. The SMILES string of the molecule is CC(C)N1C(=O)CCC(N)C1c1cn(C)nc1C(C)(C)C. The highest BCUT2D eigenvalue weighted by Gasteiger charge is 2.39. The number of hydrogen-bond acceptors (Lipinski definition) is 3. The summed E-state index contributed by atoms with van der Waals surface area (Å²) in [5, 5.41) is 4.63. The van der Waals surface area contributed by atoms with Gasteiger partial charge in [-0.3, -0.25) is 9.48 Å². The third-order valence-corrected chi connectivity index (χ3v) is 4.13. The molecule has 5 heteroatoms. The number of likely N-dealkylation sites (tertiary alicyclic amines) is 1. The van der Waals surface area contributed by atoms with Gasteiger partial charge in [-0.05, 0) is 20.3 Å². The fourth-order valence-corrected chi connectivity index (χ4v) is 3.23. The van der Waals surface area contributed by atoms with Gasteiger partial charge in [-0.1, -0.05) is 20.8 Å². The van der Waals surface area contributed by atoms with E-state index in [2.05, 4.69) is 39.7 Å². The molecular formula is C16H28N4O. The second kappa shape index (κ2) is 5.44. The van der Waals surface area contributed by atoms with Gasteiger partial charge in [0.05, 0.1) is 11.7 Å². The van der Waals surface area contributed by atoms with E-state index in [9.17, 15) is 4.79 Å². The maximum absolute atomic E-state index is 12.4. The maximum atomic E-state index is 12.4. The van der Waals surface area contributed by atoms with Crippen LogP contribution in [0.3, 0.4) is 0 Å². The molecular weight excluding hydrogens is 264 g/mol. The van der Waals surface area contributed by atoms with Crippen LogP contribution in [0.5, 0.6) is 0 Å². The molecule has 2 rings (SSSR count). The van der Waals surface area contributed by atoms with Gasteiger partial charge in [0.2, 0.25) is 5.91 Å². The van der Waals surface area contributed by atoms with Crippen LogP contribution in [-0.2, 0) is 17.3 Å². The number of amides is 1. The first-order valence-electron chi connectivity index (χ1n) is 7.73. The number of piperidine rings is 1. The lowest BCUT2D eigenvalue weighted by molar-refractivity contribution is -0.139. The van der Waals surface area contributed by atoms with Crippen LogP contribution < -0.4 is 5.73 Å². The van der Waals surface area contributed by atoms with Crippen LogP contribution in [-0.4, -0.2) is 32.7 Å². The summed E-state index contributed by atoms with van der Waals surface area (Å²) in [7, 11) is 1.93. The molecule has 2 unspecified atom stereocenters. The molecule has 0 aromatic carbocycles. The van der Waals surface area contributed by atoms with Crippen LogP contribution in [0.4, 0.5) is 0 Å². The van der Waals surface area contributed by atoms with Gasteiger partial charge in [0, 0.05) is 42.7 Å². The van der Waals surface area contributed by atoms with E-state index in [4.69, 9.17) is 5.73 Å². The summed E-state index contributed by atoms with van der Waals surface area (Å²) in [4.78, 5) is 14.3. The fourth-order valence-electron chi connectivity index (χ4n) is 3.23. The highest BCUT2D eigenvalue weighted by Crippen LogP contribution is 2.37. The lowest BCUT2D eigenvalue weighted by atomic mass is 9.83. The molecule has 2 atom stereocenters. The van der Waals surface area contributed by atoms with E-state index in [0.29, 0.717) is 6.42 Å². The van der Waals surface area contributed by atoms with Gasteiger partial charge in [0.1, 0.15) is 0 Å². The van der Waals surface area contributed by atoms with Crippen molar-refractivity contribution < 1.29 is 4.79 Å². The Morgan fingerprint density at radius 2 is 2.00 bits per heavy atom. The van der Waals surface area contributed by atoms with Crippen molar-refractivity contribution in [2.75, 3.05) is 0 Å². The van der Waals surface area contributed by atoms with E-state index < -0.39 is 0 Å². The molecule has 5 nitrogen and oxygen atoms in total. The van der Waals surface area contributed by atoms with Crippen molar-refractivity contribution in [3.8, 4) is 0 Å². The predicted octanol–water partition coefficient (Wildman–Crippen LogP) is 2.12. The monoisotopic (exact) mass is 292 g/mol. The van der Waals surface area contributed by atoms with Crippen LogP contribution in [0.25, 0.3) is 0 Å². The highest BCUT2D eigenvalue weighted by molar-refractivity contribution is 5.78. The van der Waals surface area contributed by atoms with Crippen molar-refractivity contribution in [1.82, 2.24) is 14.7 Å². The standard InChI is InChI=1S/C16H28N4O/c1-10(2)20-13(21)8-7-12(17)14(20)11-9-19(6)18-15(11)16(3,4)5/h9-10,12,14H,7-8,17H2,1-6H3. The molecule has 2 N–H and O–H groups in total. The van der Waals surface area contributed by atoms with Gasteiger partial charge >= 0.3 is 0 Å². The maximum Gasteiger partial charge on any atom is 0.223 e. The van der Waals surface area contributed by atoms with Crippen molar-refractivity contribution in [2.45, 2.75) is 71.0 Å². The molecule has 118 valence electrons. The van der Waals surface area contributed by atoms with Crippen molar-refractivity contribution in [2.24, 2.45) is 12.8 Å². The van der Waals surface area contributed by atoms with E-state index >= 15 is 0 Å². The quantitative estimate of drug-likeness (QED) is 0.908. The summed E-state index contributed by atoms with van der Waals surface area (Å²) >= 11 is 0. The minimum absolute atomic E-state index is 0.0320. The molecule has 1 aromatic heterocycles. The van der Waals surface area contributed by atoms with Crippen molar-refractivity contribution in [3.05, 3.63) is 17.5 Å². The minimum Gasteiger partial charge on any atom is -0.332 e. The van der Waals surface area contributed by atoms with Gasteiger partial charge in [-0.15, -0.1) is 0 Å². The third kappa shape index (κ3) is 2.98. The number of carbonyl (C=O) groups is 1. The van der Waals surface area contributed by atoms with E-state index in [-0.39, 0.29) is 29.4 Å². The molecule has 1 aliphatic rings. The lowest BCUT2D eigenvalue weighted by Gasteiger charge is -2.42. The molecule has 0 saturated carbocycles. The molecule has 0 aliphatic carbocycles. The zero-order valence-electron chi connectivity index (χ0n) is 14.1. The summed E-state index contributed by atoms with van der Waals surface area (Å²) in [5.74, 6) is 0.195. The van der Waals surface area contributed by atoms with Gasteiger partial charge in [0.15, 0.2) is 0 Å². The van der Waals surface area contributed by atoms with E-state index in [1.54, 1.807) is 0 Å². The highest BCUT2D eigenvalue weighted by atomic mass is 16.2.